The minimum absolute atomic E-state index is 0.0170. The van der Waals surface area contributed by atoms with E-state index in [1.807, 2.05) is 27.7 Å². The average molecular weight is 585 g/mol. The number of hydrogen-bond donors (Lipinski definition) is 1. The highest BCUT2D eigenvalue weighted by atomic mass is 35.5. The molecule has 1 fully saturated rings. The number of carbonyl (C=O) groups is 2. The van der Waals surface area contributed by atoms with E-state index in [2.05, 4.69) is 25.3 Å². The smallest absolute Gasteiger partial charge is 0.410 e. The van der Waals surface area contributed by atoms with E-state index in [-0.39, 0.29) is 34.2 Å². The molecular formula is C28H34ClFN8O3. The number of halogens is 2. The van der Waals surface area contributed by atoms with Crippen LogP contribution in [0.3, 0.4) is 0 Å². The number of piperidine rings is 1. The van der Waals surface area contributed by atoms with E-state index in [1.165, 1.54) is 6.07 Å². The van der Waals surface area contributed by atoms with Crippen LogP contribution in [0.15, 0.2) is 24.7 Å². The number of carbonyl (C=O) groups excluding carboxylic acids is 2. The number of nitrogens with zero attached hydrogens (tertiary/aromatic N) is 7. The van der Waals surface area contributed by atoms with E-state index < -0.39 is 17.3 Å². The van der Waals surface area contributed by atoms with Crippen molar-refractivity contribution < 1.29 is 18.7 Å². The van der Waals surface area contributed by atoms with E-state index in [0.717, 1.165) is 0 Å². The van der Waals surface area contributed by atoms with Crippen molar-refractivity contribution in [1.82, 2.24) is 29.0 Å². The van der Waals surface area contributed by atoms with Crippen LogP contribution in [0, 0.1) is 12.7 Å². The van der Waals surface area contributed by atoms with Gasteiger partial charge in [0.25, 0.3) is 5.91 Å². The third-order valence-corrected chi connectivity index (χ3v) is 7.30. The van der Waals surface area contributed by atoms with E-state index in [9.17, 15) is 9.59 Å². The van der Waals surface area contributed by atoms with Crippen molar-refractivity contribution in [2.75, 3.05) is 29.9 Å². The number of nitrogens with one attached hydrogen (secondary N) is 1. The van der Waals surface area contributed by atoms with E-state index in [1.54, 1.807) is 46.5 Å². The van der Waals surface area contributed by atoms with Crippen LogP contribution >= 0.6 is 11.6 Å². The normalized spacial score (nSPS) is 14.6. The Bertz CT molecular complexity index is 1640. The highest BCUT2D eigenvalue weighted by Gasteiger charge is 2.32. The second-order valence-electron chi connectivity index (χ2n) is 11.3. The summed E-state index contributed by atoms with van der Waals surface area (Å²) in [6, 6.07) is 1.40. The Morgan fingerprint density at radius 2 is 1.90 bits per heavy atom. The molecule has 0 atom stereocenters. The molecule has 13 heteroatoms. The number of hydrogen-bond acceptors (Lipinski definition) is 7. The first-order valence-corrected chi connectivity index (χ1v) is 14.0. The zero-order valence-electron chi connectivity index (χ0n) is 24.0. The molecule has 5 rings (SSSR count). The Kier molecular flexibility index (Phi) is 7.54. The van der Waals surface area contributed by atoms with Gasteiger partial charge >= 0.3 is 6.09 Å². The van der Waals surface area contributed by atoms with Gasteiger partial charge in [-0.1, -0.05) is 11.6 Å². The number of aryl methyl sites for hydroxylation is 2. The van der Waals surface area contributed by atoms with Crippen LogP contribution < -0.4 is 10.2 Å². The second-order valence-corrected chi connectivity index (χ2v) is 11.6. The summed E-state index contributed by atoms with van der Waals surface area (Å²) in [6.45, 7) is 11.0. The molecule has 218 valence electrons. The number of amides is 2. The Hall–Kier alpha value is -3.93. The molecule has 4 heterocycles. The maximum atomic E-state index is 15.7. The maximum Gasteiger partial charge on any atom is 0.410 e. The molecule has 0 spiro atoms. The molecule has 2 amide bonds. The van der Waals surface area contributed by atoms with Crippen molar-refractivity contribution in [3.05, 3.63) is 46.9 Å². The molecule has 0 aliphatic carbocycles. The zero-order chi connectivity index (χ0) is 29.6. The van der Waals surface area contributed by atoms with Gasteiger partial charge in [-0.2, -0.15) is 5.10 Å². The van der Waals surface area contributed by atoms with Crippen LogP contribution in [0.5, 0.6) is 0 Å². The van der Waals surface area contributed by atoms with Crippen molar-refractivity contribution in [2.24, 2.45) is 7.05 Å². The van der Waals surface area contributed by atoms with E-state index in [0.29, 0.717) is 54.9 Å². The first-order chi connectivity index (χ1) is 19.3. The molecule has 4 aromatic rings. The van der Waals surface area contributed by atoms with Gasteiger partial charge in [-0.3, -0.25) is 9.48 Å². The van der Waals surface area contributed by atoms with Gasteiger partial charge in [0.1, 0.15) is 22.5 Å². The molecular weight excluding hydrogens is 551 g/mol. The Labute approximate surface area is 242 Å². The molecule has 0 radical (unpaired) electrons. The lowest BCUT2D eigenvalue weighted by Gasteiger charge is -2.39. The van der Waals surface area contributed by atoms with Crippen LogP contribution in [-0.4, -0.2) is 72.3 Å². The maximum absolute atomic E-state index is 15.7. The van der Waals surface area contributed by atoms with Gasteiger partial charge in [0.2, 0.25) is 0 Å². The SMILES string of the molecule is CCN(C(=O)OC(C)(C)C)C1CCN(c2cc(F)c(C(=O)Nc3cn4cc(C)nc(Cl)c4n3)c3nn(C)cc23)CC1. The Morgan fingerprint density at radius 3 is 2.56 bits per heavy atom. The second kappa shape index (κ2) is 10.8. The van der Waals surface area contributed by atoms with Crippen molar-refractivity contribution in [3.63, 3.8) is 0 Å². The summed E-state index contributed by atoms with van der Waals surface area (Å²) in [5.41, 5.74) is 1.23. The molecule has 11 nitrogen and oxygen atoms in total. The third-order valence-electron chi connectivity index (χ3n) is 7.04. The fraction of sp³-hybridized carbons (Fsp3) is 0.464. The number of rotatable bonds is 5. The van der Waals surface area contributed by atoms with E-state index >= 15 is 4.39 Å². The average Bonchev–Trinajstić information content (AvgIpc) is 3.45. The number of benzene rings is 1. The summed E-state index contributed by atoms with van der Waals surface area (Å²) >= 11 is 6.19. The largest absolute Gasteiger partial charge is 0.444 e. The molecule has 1 saturated heterocycles. The summed E-state index contributed by atoms with van der Waals surface area (Å²) in [5.74, 6) is -1.14. The van der Waals surface area contributed by atoms with Crippen LogP contribution in [0.2, 0.25) is 5.15 Å². The third kappa shape index (κ3) is 5.79. The summed E-state index contributed by atoms with van der Waals surface area (Å²) in [4.78, 5) is 38.4. The van der Waals surface area contributed by atoms with Crippen LogP contribution in [0.25, 0.3) is 16.6 Å². The summed E-state index contributed by atoms with van der Waals surface area (Å²) < 4.78 is 24.5. The molecule has 3 aromatic heterocycles. The zero-order valence-corrected chi connectivity index (χ0v) is 24.8. The number of aromatic nitrogens is 5. The number of anilines is 2. The molecule has 0 bridgehead atoms. The van der Waals surface area contributed by atoms with E-state index in [4.69, 9.17) is 16.3 Å². The molecule has 41 heavy (non-hydrogen) atoms. The lowest BCUT2D eigenvalue weighted by atomic mass is 10.0. The summed E-state index contributed by atoms with van der Waals surface area (Å²) in [6.07, 6.45) is 6.18. The van der Waals surface area contributed by atoms with Gasteiger partial charge in [-0.05, 0) is 53.5 Å². The first kappa shape index (κ1) is 28.6. The first-order valence-electron chi connectivity index (χ1n) is 13.6. The Balaban J connectivity index is 1.38. The standard InChI is InChI=1S/C28H34ClFN8O3/c1-7-38(27(40)41-28(3,4)5)17-8-10-36(11-9-17)20-12-19(30)22(23-18(20)14-35(6)34-23)26(39)33-21-15-37-13-16(2)31-24(29)25(37)32-21/h12-15,17H,7-11H2,1-6H3,(H,33,39). The van der Waals surface area contributed by atoms with Gasteiger partial charge in [-0.25, -0.2) is 19.2 Å². The number of fused-ring (bicyclic) bond motifs is 2. The minimum Gasteiger partial charge on any atom is -0.444 e. The molecule has 0 saturated carbocycles. The van der Waals surface area contributed by atoms with Gasteiger partial charge < -0.3 is 24.3 Å². The van der Waals surface area contributed by atoms with Gasteiger partial charge in [0.15, 0.2) is 16.6 Å². The van der Waals surface area contributed by atoms with Crippen molar-refractivity contribution >= 4 is 51.7 Å². The highest BCUT2D eigenvalue weighted by Crippen LogP contribution is 2.34. The van der Waals surface area contributed by atoms with Crippen LogP contribution in [-0.2, 0) is 11.8 Å². The molecule has 1 aliphatic heterocycles. The number of ether oxygens (including phenoxy) is 1. The quantitative estimate of drug-likeness (QED) is 0.343. The minimum atomic E-state index is -0.686. The monoisotopic (exact) mass is 584 g/mol. The Morgan fingerprint density at radius 1 is 1.20 bits per heavy atom. The van der Waals surface area contributed by atoms with Gasteiger partial charge in [0, 0.05) is 50.5 Å². The van der Waals surface area contributed by atoms with Crippen molar-refractivity contribution in [3.8, 4) is 0 Å². The van der Waals surface area contributed by atoms with Crippen molar-refractivity contribution in [1.29, 1.82) is 0 Å². The van der Waals surface area contributed by atoms with Crippen molar-refractivity contribution in [2.45, 2.75) is 59.1 Å². The summed E-state index contributed by atoms with van der Waals surface area (Å²) in [7, 11) is 1.73. The molecule has 1 aromatic carbocycles. The predicted molar refractivity (Wildman–Crippen MR) is 155 cm³/mol. The summed E-state index contributed by atoms with van der Waals surface area (Å²) in [5, 5.41) is 7.98. The predicted octanol–water partition coefficient (Wildman–Crippen LogP) is 5.20. The highest BCUT2D eigenvalue weighted by molar-refractivity contribution is 6.32. The fourth-order valence-corrected chi connectivity index (χ4v) is 5.59. The van der Waals surface area contributed by atoms with Gasteiger partial charge in [-0.15, -0.1) is 0 Å². The van der Waals surface area contributed by atoms with Crippen LogP contribution in [0.1, 0.15) is 56.6 Å². The molecule has 1 aliphatic rings. The lowest BCUT2D eigenvalue weighted by molar-refractivity contribution is 0.0149. The van der Waals surface area contributed by atoms with Crippen LogP contribution in [0.4, 0.5) is 20.7 Å². The molecule has 0 unspecified atom stereocenters. The fourth-order valence-electron chi connectivity index (χ4n) is 5.32. The molecule has 1 N–H and O–H groups in total. The van der Waals surface area contributed by atoms with Gasteiger partial charge in [0.05, 0.1) is 17.6 Å². The topological polar surface area (TPSA) is 110 Å². The lowest BCUT2D eigenvalue weighted by Crippen LogP contribution is -2.48. The number of imidazole rings is 1.